The van der Waals surface area contributed by atoms with Crippen molar-refractivity contribution in [2.24, 2.45) is 0 Å². The van der Waals surface area contributed by atoms with Crippen molar-refractivity contribution in [2.75, 3.05) is 0 Å². The molecule has 1 aliphatic rings. The number of halogens is 1. The second-order valence-electron chi connectivity index (χ2n) is 1.80. The van der Waals surface area contributed by atoms with Gasteiger partial charge in [-0.1, -0.05) is 6.08 Å². The van der Waals surface area contributed by atoms with Crippen LogP contribution in [0.1, 0.15) is 12.8 Å². The van der Waals surface area contributed by atoms with Gasteiger partial charge in [-0.2, -0.15) is 0 Å². The maximum atomic E-state index is 9.78. The molecule has 10 heavy (non-hydrogen) atoms. The molecule has 56 valence electrons. The van der Waals surface area contributed by atoms with Crippen LogP contribution >= 0.6 is 12.4 Å². The molecule has 0 aromatic heterocycles. The molecule has 0 bridgehead atoms. The van der Waals surface area contributed by atoms with Crippen LogP contribution in [0.25, 0.3) is 0 Å². The number of rotatable bonds is 2. The third-order valence-corrected chi connectivity index (χ3v) is 1.15. The van der Waals surface area contributed by atoms with Crippen LogP contribution in [0.2, 0.25) is 0 Å². The van der Waals surface area contributed by atoms with Gasteiger partial charge in [0.15, 0.2) is 0 Å². The predicted molar refractivity (Wildman–Crippen MR) is 40.9 cm³/mol. The summed E-state index contributed by atoms with van der Waals surface area (Å²) in [6, 6.07) is 0. The van der Waals surface area contributed by atoms with E-state index in [0.717, 1.165) is 12.8 Å². The van der Waals surface area contributed by atoms with E-state index in [2.05, 4.69) is 4.74 Å². The molecule has 0 amide bonds. The van der Waals surface area contributed by atoms with Gasteiger partial charge in [0, 0.05) is 0 Å². The zero-order valence-corrected chi connectivity index (χ0v) is 6.26. The third kappa shape index (κ3) is 2.69. The molecule has 1 aliphatic carbocycles. The molecule has 0 spiro atoms. The van der Waals surface area contributed by atoms with Gasteiger partial charge in [0.2, 0.25) is 0 Å². The van der Waals surface area contributed by atoms with Crippen LogP contribution in [0.4, 0.5) is 0 Å². The lowest BCUT2D eigenvalue weighted by molar-refractivity contribution is -0.124. The first kappa shape index (κ1) is 9.24. The summed E-state index contributed by atoms with van der Waals surface area (Å²) in [6.45, 7) is 0.446. The lowest BCUT2D eigenvalue weighted by atomic mass is 10.2. The minimum absolute atomic E-state index is 0. The van der Waals surface area contributed by atoms with Gasteiger partial charge in [0.05, 0.1) is 0 Å². The number of allylic oxidation sites excluding steroid dienone is 3. The minimum atomic E-state index is 0. The average molecular weight is 161 g/mol. The van der Waals surface area contributed by atoms with Gasteiger partial charge in [-0.15, -0.1) is 12.4 Å². The van der Waals surface area contributed by atoms with Crippen molar-refractivity contribution < 1.29 is 9.53 Å². The lowest BCUT2D eigenvalue weighted by Crippen LogP contribution is -1.88. The Kier molecular flexibility index (Phi) is 4.67. The van der Waals surface area contributed by atoms with Crippen molar-refractivity contribution >= 4 is 18.9 Å². The van der Waals surface area contributed by atoms with Crippen molar-refractivity contribution in [1.82, 2.24) is 0 Å². The van der Waals surface area contributed by atoms with E-state index < -0.39 is 0 Å². The quantitative estimate of drug-likeness (QED) is 0.576. The summed E-state index contributed by atoms with van der Waals surface area (Å²) in [7, 11) is 0. The molecule has 0 saturated carbocycles. The molecule has 1 rings (SSSR count). The Morgan fingerprint density at radius 2 is 2.30 bits per heavy atom. The molecule has 0 heterocycles. The van der Waals surface area contributed by atoms with Crippen molar-refractivity contribution in [3.63, 3.8) is 0 Å². The standard InChI is InChI=1S/C7H8O2.ClH/c8-6-9-7-4-2-1-3-5-7;/h2,4-6H,1,3H2;1H. The van der Waals surface area contributed by atoms with Gasteiger partial charge in [0.1, 0.15) is 5.76 Å². The Hall–Kier alpha value is -0.760. The van der Waals surface area contributed by atoms with Crippen molar-refractivity contribution in [3.05, 3.63) is 24.0 Å². The first-order chi connectivity index (χ1) is 4.43. The van der Waals surface area contributed by atoms with Crippen molar-refractivity contribution in [3.8, 4) is 0 Å². The molecule has 0 N–H and O–H groups in total. The topological polar surface area (TPSA) is 26.3 Å². The monoisotopic (exact) mass is 160 g/mol. The largest absolute Gasteiger partial charge is 0.429 e. The summed E-state index contributed by atoms with van der Waals surface area (Å²) in [4.78, 5) is 9.78. The molecular formula is C7H9ClO2. The Morgan fingerprint density at radius 3 is 2.80 bits per heavy atom. The van der Waals surface area contributed by atoms with Crippen molar-refractivity contribution in [2.45, 2.75) is 12.8 Å². The fraction of sp³-hybridized carbons (Fsp3) is 0.286. The predicted octanol–water partition coefficient (Wildman–Crippen LogP) is 1.82. The summed E-state index contributed by atoms with van der Waals surface area (Å²) >= 11 is 0. The van der Waals surface area contributed by atoms with E-state index in [4.69, 9.17) is 0 Å². The molecule has 0 aliphatic heterocycles. The Labute approximate surface area is 66.0 Å². The number of hydrogen-bond acceptors (Lipinski definition) is 2. The van der Waals surface area contributed by atoms with Crippen LogP contribution < -0.4 is 0 Å². The minimum Gasteiger partial charge on any atom is -0.429 e. The van der Waals surface area contributed by atoms with Crippen LogP contribution in [0.3, 0.4) is 0 Å². The number of hydrogen-bond donors (Lipinski definition) is 0. The van der Waals surface area contributed by atoms with E-state index in [1.807, 2.05) is 12.2 Å². The fourth-order valence-electron chi connectivity index (χ4n) is 0.732. The highest BCUT2D eigenvalue weighted by atomic mass is 35.5. The highest BCUT2D eigenvalue weighted by Gasteiger charge is 1.94. The van der Waals surface area contributed by atoms with E-state index in [1.54, 1.807) is 6.08 Å². The number of ether oxygens (including phenoxy) is 1. The first-order valence-corrected chi connectivity index (χ1v) is 2.90. The second-order valence-corrected chi connectivity index (χ2v) is 1.80. The van der Waals surface area contributed by atoms with Gasteiger partial charge < -0.3 is 4.74 Å². The molecular weight excluding hydrogens is 152 g/mol. The van der Waals surface area contributed by atoms with Crippen LogP contribution in [0, 0.1) is 0 Å². The molecule has 3 heteroatoms. The van der Waals surface area contributed by atoms with Crippen LogP contribution in [-0.2, 0) is 9.53 Å². The average Bonchev–Trinajstić information content (AvgIpc) is 1.91. The summed E-state index contributed by atoms with van der Waals surface area (Å²) in [6.07, 6.45) is 7.70. The fourth-order valence-corrected chi connectivity index (χ4v) is 0.732. The third-order valence-electron chi connectivity index (χ3n) is 1.15. The normalized spacial score (nSPS) is 15.0. The summed E-state index contributed by atoms with van der Waals surface area (Å²) in [5.74, 6) is 0.663. The highest BCUT2D eigenvalue weighted by molar-refractivity contribution is 5.85. The van der Waals surface area contributed by atoms with E-state index in [0.29, 0.717) is 12.2 Å². The number of carbonyl (C=O) groups excluding carboxylic acids is 1. The highest BCUT2D eigenvalue weighted by Crippen LogP contribution is 2.08. The van der Waals surface area contributed by atoms with E-state index in [-0.39, 0.29) is 12.4 Å². The van der Waals surface area contributed by atoms with Crippen LogP contribution in [0.5, 0.6) is 0 Å². The van der Waals surface area contributed by atoms with Crippen molar-refractivity contribution in [1.29, 1.82) is 0 Å². The molecule has 2 nitrogen and oxygen atoms in total. The summed E-state index contributed by atoms with van der Waals surface area (Å²) in [5, 5.41) is 0. The zero-order chi connectivity index (χ0) is 6.53. The Bertz CT molecular complexity index is 161. The van der Waals surface area contributed by atoms with Crippen LogP contribution in [-0.4, -0.2) is 6.47 Å². The molecule has 0 aromatic rings. The molecule has 0 aromatic carbocycles. The number of carbonyl (C=O) groups is 1. The first-order valence-electron chi connectivity index (χ1n) is 2.90. The molecule has 0 radical (unpaired) electrons. The maximum absolute atomic E-state index is 9.78. The second kappa shape index (κ2) is 5.06. The summed E-state index contributed by atoms with van der Waals surface area (Å²) < 4.78 is 4.58. The van der Waals surface area contributed by atoms with E-state index >= 15 is 0 Å². The Morgan fingerprint density at radius 1 is 1.50 bits per heavy atom. The molecule has 0 saturated heterocycles. The van der Waals surface area contributed by atoms with Gasteiger partial charge in [-0.25, -0.2) is 0 Å². The zero-order valence-electron chi connectivity index (χ0n) is 5.45. The molecule has 0 atom stereocenters. The van der Waals surface area contributed by atoms with E-state index in [9.17, 15) is 4.79 Å². The van der Waals surface area contributed by atoms with Gasteiger partial charge >= 0.3 is 0 Å². The smallest absolute Gasteiger partial charge is 0.298 e. The van der Waals surface area contributed by atoms with Crippen LogP contribution in [0.15, 0.2) is 24.0 Å². The van der Waals surface area contributed by atoms with Gasteiger partial charge in [0.25, 0.3) is 6.47 Å². The van der Waals surface area contributed by atoms with Gasteiger partial charge in [-0.05, 0) is 25.0 Å². The van der Waals surface area contributed by atoms with Gasteiger partial charge in [-0.3, -0.25) is 4.79 Å². The summed E-state index contributed by atoms with van der Waals surface area (Å²) in [5.41, 5.74) is 0. The lowest BCUT2D eigenvalue weighted by Gasteiger charge is -2.01. The van der Waals surface area contributed by atoms with E-state index in [1.165, 1.54) is 0 Å². The SMILES string of the molecule is Cl.O=COC1=CCCC=C1. The maximum Gasteiger partial charge on any atom is 0.298 e. The Balaban J connectivity index is 0.000000810. The molecule has 0 unspecified atom stereocenters. The molecule has 0 fully saturated rings.